The predicted octanol–water partition coefficient (Wildman–Crippen LogP) is 6.41. The molecule has 6 heterocycles. The monoisotopic (exact) mass is 756 g/mol. The van der Waals surface area contributed by atoms with Gasteiger partial charge in [0.2, 0.25) is 0 Å². The Kier molecular flexibility index (Phi) is 8.44. The van der Waals surface area contributed by atoms with Crippen LogP contribution in [0.25, 0.3) is 78.9 Å². The molecule has 2 N–H and O–H groups in total. The van der Waals surface area contributed by atoms with Gasteiger partial charge >= 0.3 is 17.1 Å². The number of unbranched alkanes of at least 4 members (excludes halogenated alkanes) is 1. The number of imidazole rings is 1. The number of carbonyl (C=O) groups excluding carboxylic acids is 1. The first-order chi connectivity index (χ1) is 26.1. The number of allylic oxidation sites excluding steroid dienone is 2. The van der Waals surface area contributed by atoms with E-state index in [-0.39, 0.29) is 23.0 Å². The zero-order chi connectivity index (χ0) is 35.5. The van der Waals surface area contributed by atoms with Gasteiger partial charge < -0.3 is 40.2 Å². The molecular formula is C41H31CuN11O. The van der Waals surface area contributed by atoms with Gasteiger partial charge in [-0.05, 0) is 67.0 Å². The molecular weight excluding hydrogens is 726 g/mol. The molecule has 7 aromatic rings. The van der Waals surface area contributed by atoms with E-state index >= 15 is 0 Å². The smallest absolute Gasteiger partial charge is 0.358 e. The Balaban J connectivity index is 0.00000384. The van der Waals surface area contributed by atoms with Gasteiger partial charge in [0.15, 0.2) is 0 Å². The average molecular weight is 757 g/mol. The second-order valence-electron chi connectivity index (χ2n) is 13.3. The fourth-order valence-corrected chi connectivity index (χ4v) is 7.34. The molecule has 2 aliphatic heterocycles. The minimum Gasteiger partial charge on any atom is -0.358 e. The van der Waals surface area contributed by atoms with Crippen molar-refractivity contribution in [2.45, 2.75) is 39.0 Å². The van der Waals surface area contributed by atoms with Gasteiger partial charge in [0.25, 0.3) is 5.91 Å². The van der Waals surface area contributed by atoms with Crippen LogP contribution in [0.2, 0.25) is 0 Å². The third-order valence-corrected chi connectivity index (χ3v) is 9.91. The van der Waals surface area contributed by atoms with Crippen LogP contribution >= 0.6 is 0 Å². The van der Waals surface area contributed by atoms with Gasteiger partial charge in [-0.2, -0.15) is 0 Å². The van der Waals surface area contributed by atoms with Gasteiger partial charge in [0, 0.05) is 68.8 Å². The SMILES string of the molecule is Cc1ncc(CCCCNC(=O)c2cccc3c2-c2nc-3nc3[n-]c(nc4nc(nc5[n-]c(n2)c2ccccc52)-c2ccccc2-4)c2c3CC=CC2)[nH]1.[Cu+2]. The van der Waals surface area contributed by atoms with E-state index in [0.717, 1.165) is 63.8 Å². The summed E-state index contributed by atoms with van der Waals surface area (Å²) >= 11 is 0. The van der Waals surface area contributed by atoms with Crippen LogP contribution in [-0.4, -0.2) is 52.3 Å². The molecule has 10 rings (SSSR count). The Labute approximate surface area is 319 Å². The number of aromatic amines is 1. The normalized spacial score (nSPS) is 12.5. The van der Waals surface area contributed by atoms with Crippen LogP contribution in [0.3, 0.4) is 0 Å². The first-order valence-corrected chi connectivity index (χ1v) is 17.8. The summed E-state index contributed by atoms with van der Waals surface area (Å²) in [4.78, 5) is 61.5. The van der Waals surface area contributed by atoms with Crippen LogP contribution < -0.4 is 15.3 Å². The van der Waals surface area contributed by atoms with E-state index in [0.29, 0.717) is 82.0 Å². The number of nitrogens with one attached hydrogen (secondary N) is 2. The molecule has 3 aliphatic rings. The molecule has 54 heavy (non-hydrogen) atoms. The Morgan fingerprint density at radius 1 is 0.685 bits per heavy atom. The van der Waals surface area contributed by atoms with Crippen molar-refractivity contribution in [3.8, 4) is 45.6 Å². The van der Waals surface area contributed by atoms with E-state index in [1.807, 2.05) is 79.9 Å². The molecule has 1 aliphatic carbocycles. The summed E-state index contributed by atoms with van der Waals surface area (Å²) in [5.74, 6) is 2.54. The van der Waals surface area contributed by atoms with Gasteiger partial charge in [-0.1, -0.05) is 72.8 Å². The fraction of sp³-hybridized carbons (Fsp3) is 0.171. The van der Waals surface area contributed by atoms with Gasteiger partial charge in [-0.15, -0.1) is 0 Å². The molecule has 12 nitrogen and oxygen atoms in total. The average Bonchev–Trinajstić information content (AvgIpc) is 4.00. The zero-order valence-electron chi connectivity index (χ0n) is 29.1. The summed E-state index contributed by atoms with van der Waals surface area (Å²) in [6.45, 7) is 2.46. The summed E-state index contributed by atoms with van der Waals surface area (Å²) in [6.07, 6.45) is 10.1. The number of benzene rings is 3. The molecule has 1 amide bonds. The summed E-state index contributed by atoms with van der Waals surface area (Å²) in [7, 11) is 0. The van der Waals surface area contributed by atoms with Crippen molar-refractivity contribution in [1.29, 1.82) is 0 Å². The topological polar surface area (TPSA) is 163 Å². The number of hydrogen-bond donors (Lipinski definition) is 2. The van der Waals surface area contributed by atoms with Crippen molar-refractivity contribution in [2.75, 3.05) is 6.54 Å². The Morgan fingerprint density at radius 3 is 1.93 bits per heavy atom. The maximum Gasteiger partial charge on any atom is 2.00 e. The second-order valence-corrected chi connectivity index (χ2v) is 13.3. The van der Waals surface area contributed by atoms with Crippen molar-refractivity contribution in [3.63, 3.8) is 0 Å². The standard InChI is InChI=1S/C41H32N11O.Cu/c1-22-43-21-23(44-22)11-8-9-20-42-41(53)31-19-10-18-30-32(31)40-51-38-29-17-7-6-16-28(29)36(49-38)47-34-25-13-3-2-12-24(25)33(45-34)46-35-26-14-4-5-15-27(26)37(48-35)50-39(30)52-40;/h2-7,10,12-13,16-19,21H,8-9,11,14-15,20H2,1H3,(H3-,42,43,44,45,46,47,48,49,50,51,52,53);/q-1;+2/p-1. The van der Waals surface area contributed by atoms with E-state index in [1.165, 1.54) is 0 Å². The van der Waals surface area contributed by atoms with E-state index in [2.05, 4.69) is 27.4 Å². The number of amides is 1. The number of H-pyrrole nitrogens is 1. The number of hydrogen-bond acceptors (Lipinski definition) is 8. The van der Waals surface area contributed by atoms with Crippen LogP contribution in [0.1, 0.15) is 45.8 Å². The first kappa shape index (κ1) is 33.5. The van der Waals surface area contributed by atoms with Crippen LogP contribution in [0, 0.1) is 6.92 Å². The Hall–Kier alpha value is -6.30. The van der Waals surface area contributed by atoms with Crippen molar-refractivity contribution in [2.24, 2.45) is 0 Å². The van der Waals surface area contributed by atoms with Crippen molar-refractivity contribution < 1.29 is 21.9 Å². The van der Waals surface area contributed by atoms with Crippen LogP contribution in [0.15, 0.2) is 85.1 Å². The number of carbonyl (C=O) groups is 1. The molecule has 4 aromatic heterocycles. The molecule has 3 aromatic carbocycles. The number of nitrogens with zero attached hydrogens (tertiary/aromatic N) is 9. The summed E-state index contributed by atoms with van der Waals surface area (Å²) in [6, 6.07) is 21.4. The third kappa shape index (κ3) is 5.78. The zero-order valence-corrected chi connectivity index (χ0v) is 30.0. The number of aromatic nitrogens is 10. The van der Waals surface area contributed by atoms with Gasteiger partial charge in [-0.3, -0.25) is 4.79 Å². The van der Waals surface area contributed by atoms with E-state index in [1.54, 1.807) is 0 Å². The quantitative estimate of drug-likeness (QED) is 0.110. The first-order valence-electron chi connectivity index (χ1n) is 17.8. The molecule has 0 atom stereocenters. The third-order valence-electron chi connectivity index (χ3n) is 9.91. The summed E-state index contributed by atoms with van der Waals surface area (Å²) < 4.78 is 0. The number of fused-ring (bicyclic) bond motifs is 20. The Bertz CT molecular complexity index is 2830. The maximum atomic E-state index is 13.9. The van der Waals surface area contributed by atoms with Crippen molar-refractivity contribution in [3.05, 3.63) is 113 Å². The van der Waals surface area contributed by atoms with Gasteiger partial charge in [0.1, 0.15) is 5.82 Å². The van der Waals surface area contributed by atoms with Crippen LogP contribution in [-0.2, 0) is 36.3 Å². The number of rotatable bonds is 6. The minimum absolute atomic E-state index is 0. The fourth-order valence-electron chi connectivity index (χ4n) is 7.34. The minimum atomic E-state index is -0.204. The van der Waals surface area contributed by atoms with Gasteiger partial charge in [-0.25, -0.2) is 15.0 Å². The van der Waals surface area contributed by atoms with Crippen molar-refractivity contribution >= 4 is 39.3 Å². The van der Waals surface area contributed by atoms with Crippen LogP contribution in [0.4, 0.5) is 0 Å². The maximum absolute atomic E-state index is 13.9. The molecule has 0 spiro atoms. The molecule has 0 saturated carbocycles. The van der Waals surface area contributed by atoms with Crippen molar-refractivity contribution in [1.82, 2.24) is 55.2 Å². The van der Waals surface area contributed by atoms with E-state index < -0.39 is 0 Å². The molecule has 8 bridgehead atoms. The van der Waals surface area contributed by atoms with Crippen LogP contribution in [0.5, 0.6) is 0 Å². The molecule has 0 fully saturated rings. The molecule has 1 radical (unpaired) electrons. The second kappa shape index (κ2) is 13.6. The molecule has 13 heteroatoms. The molecule has 0 saturated heterocycles. The predicted molar refractivity (Wildman–Crippen MR) is 202 cm³/mol. The summed E-state index contributed by atoms with van der Waals surface area (Å²) in [5, 5.41) is 4.76. The molecule has 267 valence electrons. The number of aryl methyl sites for hydroxylation is 2. The van der Waals surface area contributed by atoms with E-state index in [4.69, 9.17) is 39.9 Å². The largest absolute Gasteiger partial charge is 2.00 e. The molecule has 0 unspecified atom stereocenters. The Morgan fingerprint density at radius 2 is 1.26 bits per heavy atom. The van der Waals surface area contributed by atoms with Gasteiger partial charge in [0.05, 0.1) is 23.3 Å². The summed E-state index contributed by atoms with van der Waals surface area (Å²) in [5.41, 5.74) is 8.67. The van der Waals surface area contributed by atoms with E-state index in [9.17, 15) is 4.79 Å².